The van der Waals surface area contributed by atoms with Crippen molar-refractivity contribution in [1.29, 1.82) is 0 Å². The van der Waals surface area contributed by atoms with Crippen LogP contribution in [0, 0.1) is 0 Å². The van der Waals surface area contributed by atoms with Crippen LogP contribution in [0.4, 0.5) is 17.1 Å². The summed E-state index contributed by atoms with van der Waals surface area (Å²) in [6.07, 6.45) is 3.85. The van der Waals surface area contributed by atoms with Crippen LogP contribution in [0.15, 0.2) is 97.3 Å². The number of anilines is 3. The summed E-state index contributed by atoms with van der Waals surface area (Å²) in [5.74, 6) is 0. The summed E-state index contributed by atoms with van der Waals surface area (Å²) in [5.41, 5.74) is 8.52. The molecule has 1 aliphatic heterocycles. The van der Waals surface area contributed by atoms with Gasteiger partial charge in [0.05, 0.1) is 23.3 Å². The summed E-state index contributed by atoms with van der Waals surface area (Å²) in [7, 11) is 0. The maximum absolute atomic E-state index is 4.49. The molecule has 0 fully saturated rings. The Morgan fingerprint density at radius 1 is 0.643 bits per heavy atom. The molecule has 28 heavy (non-hydrogen) atoms. The lowest BCUT2D eigenvalue weighted by Crippen LogP contribution is -2.30. The third-order valence-electron chi connectivity index (χ3n) is 5.76. The molecule has 0 atom stereocenters. The highest BCUT2D eigenvalue weighted by atomic mass is 15.2. The van der Waals surface area contributed by atoms with E-state index in [0.29, 0.717) is 0 Å². The average molecular weight is 362 g/mol. The van der Waals surface area contributed by atoms with Crippen LogP contribution in [0.25, 0.3) is 11.1 Å². The van der Waals surface area contributed by atoms with E-state index in [0.717, 1.165) is 5.69 Å². The fourth-order valence-electron chi connectivity index (χ4n) is 4.35. The van der Waals surface area contributed by atoms with Gasteiger partial charge in [-0.1, -0.05) is 80.6 Å². The van der Waals surface area contributed by atoms with E-state index in [1.165, 1.54) is 33.6 Å². The second-order valence-electron chi connectivity index (χ2n) is 7.75. The van der Waals surface area contributed by atoms with Crippen molar-refractivity contribution >= 4 is 17.1 Å². The van der Waals surface area contributed by atoms with Crippen molar-refractivity contribution in [3.05, 3.63) is 108 Å². The Bertz CT molecular complexity index is 1100. The van der Waals surface area contributed by atoms with Gasteiger partial charge in [-0.25, -0.2) is 0 Å². The predicted octanol–water partition coefficient (Wildman–Crippen LogP) is 6.86. The Morgan fingerprint density at radius 3 is 1.86 bits per heavy atom. The van der Waals surface area contributed by atoms with Crippen LogP contribution in [0.2, 0.25) is 0 Å². The van der Waals surface area contributed by atoms with Crippen LogP contribution >= 0.6 is 0 Å². The monoisotopic (exact) mass is 362 g/mol. The molecule has 5 rings (SSSR count). The van der Waals surface area contributed by atoms with Crippen molar-refractivity contribution in [1.82, 2.24) is 4.98 Å². The quantitative estimate of drug-likeness (QED) is 0.387. The van der Waals surface area contributed by atoms with Gasteiger partial charge >= 0.3 is 0 Å². The summed E-state index contributed by atoms with van der Waals surface area (Å²) in [6, 6.07) is 30.1. The average Bonchev–Trinajstić information content (AvgIpc) is 2.75. The zero-order valence-corrected chi connectivity index (χ0v) is 16.1. The molecule has 2 nitrogen and oxygen atoms in total. The van der Waals surface area contributed by atoms with E-state index < -0.39 is 0 Å². The van der Waals surface area contributed by atoms with Gasteiger partial charge in [0.15, 0.2) is 0 Å². The van der Waals surface area contributed by atoms with Gasteiger partial charge in [0.1, 0.15) is 0 Å². The summed E-state index contributed by atoms with van der Waals surface area (Å²) in [4.78, 5) is 6.85. The van der Waals surface area contributed by atoms with E-state index in [-0.39, 0.29) is 5.41 Å². The molecule has 1 aliphatic rings. The van der Waals surface area contributed by atoms with Crippen LogP contribution in [0.3, 0.4) is 0 Å². The van der Waals surface area contributed by atoms with Crippen molar-refractivity contribution in [2.24, 2.45) is 0 Å². The van der Waals surface area contributed by atoms with E-state index in [4.69, 9.17) is 0 Å². The Kier molecular flexibility index (Phi) is 3.80. The van der Waals surface area contributed by atoms with Gasteiger partial charge in [-0.05, 0) is 34.9 Å². The lowest BCUT2D eigenvalue weighted by atomic mass is 9.73. The smallest absolute Gasteiger partial charge is 0.0723 e. The highest BCUT2D eigenvalue weighted by Gasteiger charge is 2.37. The van der Waals surface area contributed by atoms with Crippen LogP contribution < -0.4 is 4.90 Å². The minimum atomic E-state index is -0.0567. The number of rotatable bonds is 2. The minimum absolute atomic E-state index is 0.0567. The number of fused-ring (bicyclic) bond motifs is 2. The van der Waals surface area contributed by atoms with Gasteiger partial charge in [-0.15, -0.1) is 0 Å². The fraction of sp³-hybridized carbons (Fsp3) is 0.115. The summed E-state index contributed by atoms with van der Waals surface area (Å²) < 4.78 is 0. The lowest BCUT2D eigenvalue weighted by molar-refractivity contribution is 0.632. The number of benzene rings is 3. The molecule has 0 spiro atoms. The maximum Gasteiger partial charge on any atom is 0.0723 e. The third kappa shape index (κ3) is 2.45. The first-order valence-corrected chi connectivity index (χ1v) is 9.66. The zero-order chi connectivity index (χ0) is 19.1. The Hall–Kier alpha value is -3.39. The van der Waals surface area contributed by atoms with Gasteiger partial charge < -0.3 is 4.90 Å². The second kappa shape index (κ2) is 6.35. The first-order chi connectivity index (χ1) is 13.7. The topological polar surface area (TPSA) is 16.1 Å². The predicted molar refractivity (Wildman–Crippen MR) is 116 cm³/mol. The van der Waals surface area contributed by atoms with E-state index >= 15 is 0 Å². The number of pyridine rings is 1. The molecule has 3 aromatic carbocycles. The van der Waals surface area contributed by atoms with Crippen LogP contribution in [0.5, 0.6) is 0 Å². The normalized spacial score (nSPS) is 14.3. The summed E-state index contributed by atoms with van der Waals surface area (Å²) in [5, 5.41) is 0. The molecular formula is C26H22N2. The van der Waals surface area contributed by atoms with Crippen molar-refractivity contribution in [3.63, 3.8) is 0 Å². The van der Waals surface area contributed by atoms with Crippen LogP contribution in [-0.2, 0) is 5.41 Å². The highest BCUT2D eigenvalue weighted by Crippen LogP contribution is 2.52. The van der Waals surface area contributed by atoms with Crippen LogP contribution in [-0.4, -0.2) is 4.98 Å². The summed E-state index contributed by atoms with van der Waals surface area (Å²) >= 11 is 0. The molecule has 136 valence electrons. The van der Waals surface area contributed by atoms with E-state index in [2.05, 4.69) is 109 Å². The molecule has 0 saturated heterocycles. The molecule has 0 bridgehead atoms. The van der Waals surface area contributed by atoms with Gasteiger partial charge in [0.25, 0.3) is 0 Å². The van der Waals surface area contributed by atoms with E-state index in [1.807, 2.05) is 12.4 Å². The van der Waals surface area contributed by atoms with Gasteiger partial charge in [0.2, 0.25) is 0 Å². The molecule has 0 amide bonds. The Balaban J connectivity index is 1.82. The van der Waals surface area contributed by atoms with Gasteiger partial charge in [-0.2, -0.15) is 0 Å². The number of nitrogens with zero attached hydrogens (tertiary/aromatic N) is 2. The SMILES string of the molecule is CC1(C)c2ccccc2N(c2cnccc2-c2ccccc2)c2ccccc21. The molecule has 2 heteroatoms. The van der Waals surface area contributed by atoms with Crippen molar-refractivity contribution in [2.45, 2.75) is 19.3 Å². The molecule has 0 N–H and O–H groups in total. The number of aromatic nitrogens is 1. The standard InChI is InChI=1S/C26H22N2/c1-26(2)21-12-6-8-14-23(21)28(24-15-9-7-13-22(24)26)25-18-27-17-16-20(25)19-10-4-3-5-11-19/h3-18H,1-2H3. The molecule has 0 radical (unpaired) electrons. The fourth-order valence-corrected chi connectivity index (χ4v) is 4.35. The molecular weight excluding hydrogens is 340 g/mol. The van der Waals surface area contributed by atoms with E-state index in [1.54, 1.807) is 0 Å². The van der Waals surface area contributed by atoms with Crippen molar-refractivity contribution in [3.8, 4) is 11.1 Å². The minimum Gasteiger partial charge on any atom is -0.308 e. The van der Waals surface area contributed by atoms with E-state index in [9.17, 15) is 0 Å². The Morgan fingerprint density at radius 2 is 1.21 bits per heavy atom. The lowest BCUT2D eigenvalue weighted by Gasteiger charge is -2.42. The molecule has 0 unspecified atom stereocenters. The highest BCUT2D eigenvalue weighted by molar-refractivity contribution is 5.92. The number of hydrogen-bond donors (Lipinski definition) is 0. The zero-order valence-electron chi connectivity index (χ0n) is 16.1. The molecule has 0 aliphatic carbocycles. The van der Waals surface area contributed by atoms with Crippen LogP contribution in [0.1, 0.15) is 25.0 Å². The first-order valence-electron chi connectivity index (χ1n) is 9.66. The van der Waals surface area contributed by atoms with Crippen molar-refractivity contribution < 1.29 is 0 Å². The first kappa shape index (κ1) is 16.8. The largest absolute Gasteiger partial charge is 0.308 e. The molecule has 0 saturated carbocycles. The third-order valence-corrected chi connectivity index (χ3v) is 5.76. The van der Waals surface area contributed by atoms with Crippen molar-refractivity contribution in [2.75, 3.05) is 4.90 Å². The Labute approximate surface area is 166 Å². The van der Waals surface area contributed by atoms with Gasteiger partial charge in [0, 0.05) is 17.2 Å². The molecule has 1 aromatic heterocycles. The molecule has 2 heterocycles. The maximum atomic E-state index is 4.49. The van der Waals surface area contributed by atoms with Gasteiger partial charge in [-0.3, -0.25) is 4.98 Å². The second-order valence-corrected chi connectivity index (χ2v) is 7.75. The summed E-state index contributed by atoms with van der Waals surface area (Å²) in [6.45, 7) is 4.62. The number of para-hydroxylation sites is 2. The number of hydrogen-bond acceptors (Lipinski definition) is 2. The molecule has 4 aromatic rings.